The van der Waals surface area contributed by atoms with Gasteiger partial charge in [-0.05, 0) is 19.3 Å². The zero-order valence-electron chi connectivity index (χ0n) is 11.4. The van der Waals surface area contributed by atoms with Gasteiger partial charge in [-0.15, -0.1) is 0 Å². The molecule has 0 radical (unpaired) electrons. The van der Waals surface area contributed by atoms with E-state index in [2.05, 4.69) is 19.6 Å². The van der Waals surface area contributed by atoms with Crippen LogP contribution in [-0.4, -0.2) is 6.04 Å². The highest BCUT2D eigenvalue weighted by molar-refractivity contribution is 4.52. The molecular weight excluding hydrogens is 218 g/mol. The van der Waals surface area contributed by atoms with Crippen LogP contribution in [0.15, 0.2) is 0 Å². The van der Waals surface area contributed by atoms with Gasteiger partial charge in [-0.1, -0.05) is 65.2 Å². The van der Waals surface area contributed by atoms with Crippen LogP contribution in [0.2, 0.25) is 0 Å². The third-order valence-electron chi connectivity index (χ3n) is 3.29. The van der Waals surface area contributed by atoms with E-state index in [-0.39, 0.29) is 12.4 Å². The number of unbranched alkanes of at least 4 members (excludes halogenated alkanes) is 8. The second kappa shape index (κ2) is 15.2. The van der Waals surface area contributed by atoms with Crippen molar-refractivity contribution in [1.29, 1.82) is 0 Å². The summed E-state index contributed by atoms with van der Waals surface area (Å²) in [6, 6.07) is 0.703. The van der Waals surface area contributed by atoms with Crippen molar-refractivity contribution in [2.24, 2.45) is 0 Å². The van der Waals surface area contributed by atoms with Gasteiger partial charge in [0.1, 0.15) is 0 Å². The molecule has 0 fully saturated rings. The predicted octanol–water partition coefficient (Wildman–Crippen LogP) is 0.932. The quantitative estimate of drug-likeness (QED) is 0.528. The first-order chi connectivity index (χ1) is 7.31. The molecule has 0 aliphatic rings. The molecule has 0 rings (SSSR count). The number of rotatable bonds is 11. The van der Waals surface area contributed by atoms with Gasteiger partial charge in [-0.25, -0.2) is 0 Å². The van der Waals surface area contributed by atoms with E-state index in [1.54, 1.807) is 0 Å². The molecule has 0 amide bonds. The summed E-state index contributed by atoms with van der Waals surface area (Å²) >= 11 is 0. The zero-order valence-corrected chi connectivity index (χ0v) is 12.2. The molecule has 0 saturated carbocycles. The predicted molar refractivity (Wildman–Crippen MR) is 68.8 cm³/mol. The molecular formula is C14H32ClN. The summed E-state index contributed by atoms with van der Waals surface area (Å²) in [4.78, 5) is 0. The molecule has 3 N–H and O–H groups in total. The molecule has 1 nitrogen and oxygen atoms in total. The number of quaternary nitrogens is 1. The maximum absolute atomic E-state index is 4.12. The van der Waals surface area contributed by atoms with Crippen LogP contribution in [0.25, 0.3) is 0 Å². The van der Waals surface area contributed by atoms with Crippen LogP contribution in [0.5, 0.6) is 0 Å². The monoisotopic (exact) mass is 249 g/mol. The van der Waals surface area contributed by atoms with Crippen LogP contribution in [0.1, 0.15) is 84.5 Å². The summed E-state index contributed by atoms with van der Waals surface area (Å²) in [7, 11) is 0. The molecule has 1 atom stereocenters. The fraction of sp³-hybridized carbons (Fsp3) is 1.00. The first-order valence-electron chi connectivity index (χ1n) is 7.14. The summed E-state index contributed by atoms with van der Waals surface area (Å²) in [6.07, 6.45) is 15.5. The van der Waals surface area contributed by atoms with Gasteiger partial charge < -0.3 is 18.1 Å². The Morgan fingerprint density at radius 3 is 1.62 bits per heavy atom. The van der Waals surface area contributed by atoms with E-state index in [4.69, 9.17) is 0 Å². The molecule has 2 heteroatoms. The minimum atomic E-state index is 0. The molecule has 0 aromatic heterocycles. The van der Waals surface area contributed by atoms with Crippen LogP contribution in [0.3, 0.4) is 0 Å². The lowest BCUT2D eigenvalue weighted by molar-refractivity contribution is -0.421. The van der Waals surface area contributed by atoms with Crippen molar-refractivity contribution in [2.75, 3.05) is 0 Å². The van der Waals surface area contributed by atoms with Crippen molar-refractivity contribution < 1.29 is 18.1 Å². The molecule has 0 aromatic carbocycles. The van der Waals surface area contributed by atoms with Gasteiger partial charge in [-0.2, -0.15) is 0 Å². The average Bonchev–Trinajstić information content (AvgIpc) is 2.26. The minimum absolute atomic E-state index is 0. The first-order valence-corrected chi connectivity index (χ1v) is 7.14. The van der Waals surface area contributed by atoms with Gasteiger partial charge in [0.05, 0.1) is 6.04 Å². The van der Waals surface area contributed by atoms with Crippen LogP contribution in [0.4, 0.5) is 0 Å². The number of hydrogen-bond donors (Lipinski definition) is 1. The molecule has 0 aliphatic heterocycles. The second-order valence-electron chi connectivity index (χ2n) is 4.89. The van der Waals surface area contributed by atoms with Gasteiger partial charge in [0, 0.05) is 0 Å². The third kappa shape index (κ3) is 14.2. The van der Waals surface area contributed by atoms with Gasteiger partial charge in [0.25, 0.3) is 0 Å². The molecule has 1 unspecified atom stereocenters. The highest BCUT2D eigenvalue weighted by Crippen LogP contribution is 2.11. The Morgan fingerprint density at radius 2 is 1.19 bits per heavy atom. The first kappa shape index (κ1) is 18.6. The summed E-state index contributed by atoms with van der Waals surface area (Å²) in [5.74, 6) is 0. The lowest BCUT2D eigenvalue weighted by atomic mass is 10.0. The van der Waals surface area contributed by atoms with Gasteiger partial charge in [0.2, 0.25) is 0 Å². The average molecular weight is 250 g/mol. The van der Waals surface area contributed by atoms with Crippen molar-refractivity contribution in [2.45, 2.75) is 90.5 Å². The van der Waals surface area contributed by atoms with Crippen LogP contribution in [-0.2, 0) is 0 Å². The highest BCUT2D eigenvalue weighted by atomic mass is 35.5. The van der Waals surface area contributed by atoms with E-state index in [0.29, 0.717) is 6.04 Å². The molecule has 0 heterocycles. The van der Waals surface area contributed by atoms with Crippen LogP contribution >= 0.6 is 0 Å². The molecule has 0 spiro atoms. The Labute approximate surface area is 109 Å². The lowest BCUT2D eigenvalue weighted by Gasteiger charge is -2.05. The van der Waals surface area contributed by atoms with E-state index >= 15 is 0 Å². The maximum Gasteiger partial charge on any atom is 0.0840 e. The topological polar surface area (TPSA) is 27.6 Å². The number of hydrogen-bond acceptors (Lipinski definition) is 0. The van der Waals surface area contributed by atoms with Crippen molar-refractivity contribution in [3.63, 3.8) is 0 Å². The van der Waals surface area contributed by atoms with Gasteiger partial charge in [-0.3, -0.25) is 0 Å². The van der Waals surface area contributed by atoms with E-state index in [1.807, 2.05) is 0 Å². The Hall–Kier alpha value is 0.250. The SMILES string of the molecule is CCCCCCCCCCCC([NH3+])CC.[Cl-]. The van der Waals surface area contributed by atoms with E-state index in [0.717, 1.165) is 0 Å². The molecule has 0 bridgehead atoms. The normalized spacial score (nSPS) is 12.2. The lowest BCUT2D eigenvalue weighted by Crippen LogP contribution is -3.00. The number of halogens is 1. The summed E-state index contributed by atoms with van der Waals surface area (Å²) in [6.45, 7) is 4.52. The van der Waals surface area contributed by atoms with Crippen LogP contribution in [0, 0.1) is 0 Å². The Balaban J connectivity index is 0. The van der Waals surface area contributed by atoms with Crippen molar-refractivity contribution in [1.82, 2.24) is 0 Å². The zero-order chi connectivity index (χ0) is 11.4. The Kier molecular flexibility index (Phi) is 17.7. The van der Waals surface area contributed by atoms with Crippen LogP contribution < -0.4 is 18.1 Å². The molecule has 16 heavy (non-hydrogen) atoms. The summed E-state index contributed by atoms with van der Waals surface area (Å²) < 4.78 is 0. The Bertz CT molecular complexity index is 117. The van der Waals surface area contributed by atoms with Crippen molar-refractivity contribution in [3.8, 4) is 0 Å². The fourth-order valence-corrected chi connectivity index (χ4v) is 1.95. The second-order valence-corrected chi connectivity index (χ2v) is 4.89. The molecule has 0 aliphatic carbocycles. The Morgan fingerprint density at radius 1 is 0.750 bits per heavy atom. The van der Waals surface area contributed by atoms with Gasteiger partial charge >= 0.3 is 0 Å². The minimum Gasteiger partial charge on any atom is -1.00 e. The summed E-state index contributed by atoms with van der Waals surface area (Å²) in [5.41, 5.74) is 4.12. The van der Waals surface area contributed by atoms with Crippen molar-refractivity contribution in [3.05, 3.63) is 0 Å². The van der Waals surface area contributed by atoms with E-state index in [9.17, 15) is 0 Å². The maximum atomic E-state index is 4.12. The molecule has 0 saturated heterocycles. The molecule has 0 aromatic rings. The largest absolute Gasteiger partial charge is 1.00 e. The van der Waals surface area contributed by atoms with Crippen molar-refractivity contribution >= 4 is 0 Å². The van der Waals surface area contributed by atoms with Gasteiger partial charge in [0.15, 0.2) is 0 Å². The fourth-order valence-electron chi connectivity index (χ4n) is 1.95. The third-order valence-corrected chi connectivity index (χ3v) is 3.29. The standard InChI is InChI=1S/C14H31N.ClH/c1-3-5-6-7-8-9-10-11-12-13-14(15)4-2;/h14H,3-13,15H2,1-2H3;1H. The molecule has 100 valence electrons. The highest BCUT2D eigenvalue weighted by Gasteiger charge is 2.01. The van der Waals surface area contributed by atoms with E-state index < -0.39 is 0 Å². The smallest absolute Gasteiger partial charge is 0.0840 e. The van der Waals surface area contributed by atoms with E-state index in [1.165, 1.54) is 70.6 Å². The summed E-state index contributed by atoms with van der Waals surface area (Å²) in [5, 5.41) is 0.